The quantitative estimate of drug-likeness (QED) is 0.504. The highest BCUT2D eigenvalue weighted by atomic mass is 35.5. The first-order valence-electron chi connectivity index (χ1n) is 8.51. The Morgan fingerprint density at radius 1 is 1.17 bits per heavy atom. The van der Waals surface area contributed by atoms with E-state index < -0.39 is 5.91 Å². The first kappa shape index (κ1) is 18.7. The van der Waals surface area contributed by atoms with E-state index in [2.05, 4.69) is 15.4 Å². The van der Waals surface area contributed by atoms with E-state index in [9.17, 15) is 9.18 Å². The number of amides is 1. The molecule has 0 saturated heterocycles. The zero-order valence-electron chi connectivity index (χ0n) is 14.9. The minimum atomic E-state index is -0.457. The number of halogens is 2. The average molecular weight is 413 g/mol. The summed E-state index contributed by atoms with van der Waals surface area (Å²) in [6.07, 6.45) is 2.90. The fraction of sp³-hybridized carbons (Fsp3) is 0.0500. The summed E-state index contributed by atoms with van der Waals surface area (Å²) in [6, 6.07) is 13.8. The monoisotopic (exact) mass is 412 g/mol. The molecule has 0 aliphatic rings. The highest BCUT2D eigenvalue weighted by molar-refractivity contribution is 6.31. The van der Waals surface area contributed by atoms with Crippen molar-refractivity contribution in [2.24, 2.45) is 0 Å². The molecule has 9 heteroatoms. The number of aromatic nitrogens is 3. The minimum Gasteiger partial charge on any atom is -0.486 e. The van der Waals surface area contributed by atoms with Gasteiger partial charge in [0.2, 0.25) is 0 Å². The van der Waals surface area contributed by atoms with Crippen molar-refractivity contribution in [3.63, 3.8) is 0 Å². The number of anilines is 1. The Kier molecular flexibility index (Phi) is 5.26. The third-order valence-corrected chi connectivity index (χ3v) is 4.19. The van der Waals surface area contributed by atoms with Crippen LogP contribution in [0, 0.1) is 5.82 Å². The van der Waals surface area contributed by atoms with Gasteiger partial charge in [-0.3, -0.25) is 4.79 Å². The van der Waals surface area contributed by atoms with E-state index in [1.165, 1.54) is 41.6 Å². The molecule has 7 nitrogen and oxygen atoms in total. The third-order valence-electron chi connectivity index (χ3n) is 3.95. The van der Waals surface area contributed by atoms with Gasteiger partial charge in [0.25, 0.3) is 5.91 Å². The average Bonchev–Trinajstić information content (AvgIpc) is 3.40. The van der Waals surface area contributed by atoms with Crippen LogP contribution in [0.5, 0.6) is 5.75 Å². The molecular weight excluding hydrogens is 399 g/mol. The number of hydrogen-bond donors (Lipinski definition) is 1. The van der Waals surface area contributed by atoms with Gasteiger partial charge in [-0.05, 0) is 54.6 Å². The summed E-state index contributed by atoms with van der Waals surface area (Å²) in [4.78, 5) is 16.5. The molecule has 0 bridgehead atoms. The van der Waals surface area contributed by atoms with E-state index in [1.807, 2.05) is 0 Å². The first-order chi connectivity index (χ1) is 14.1. The molecule has 0 aliphatic heterocycles. The van der Waals surface area contributed by atoms with E-state index in [-0.39, 0.29) is 18.2 Å². The molecule has 0 unspecified atom stereocenters. The molecule has 2 aromatic carbocycles. The maximum atomic E-state index is 12.9. The van der Waals surface area contributed by atoms with Crippen LogP contribution in [-0.2, 0) is 6.61 Å². The van der Waals surface area contributed by atoms with E-state index in [0.717, 1.165) is 0 Å². The van der Waals surface area contributed by atoms with Crippen LogP contribution >= 0.6 is 11.6 Å². The van der Waals surface area contributed by atoms with Crippen molar-refractivity contribution in [1.82, 2.24) is 14.8 Å². The number of carbonyl (C=O) groups excluding carboxylic acids is 1. The number of furan rings is 1. The van der Waals surface area contributed by atoms with Gasteiger partial charge in [0.1, 0.15) is 36.6 Å². The molecule has 2 aromatic heterocycles. The van der Waals surface area contributed by atoms with Gasteiger partial charge >= 0.3 is 0 Å². The lowest BCUT2D eigenvalue weighted by atomic mass is 10.2. The van der Waals surface area contributed by atoms with Crippen LogP contribution in [0.4, 0.5) is 10.1 Å². The second kappa shape index (κ2) is 8.15. The first-order valence-corrected chi connectivity index (χ1v) is 8.89. The van der Waals surface area contributed by atoms with Crippen LogP contribution in [0.1, 0.15) is 16.3 Å². The third kappa shape index (κ3) is 4.44. The second-order valence-electron chi connectivity index (χ2n) is 5.96. The number of carbonyl (C=O) groups is 1. The largest absolute Gasteiger partial charge is 0.486 e. The fourth-order valence-corrected chi connectivity index (χ4v) is 2.76. The molecule has 0 fully saturated rings. The van der Waals surface area contributed by atoms with Crippen LogP contribution in [0.15, 0.2) is 71.7 Å². The summed E-state index contributed by atoms with van der Waals surface area (Å²) < 4.78 is 25.5. The minimum absolute atomic E-state index is 0.0975. The van der Waals surface area contributed by atoms with Crippen LogP contribution in [0.2, 0.25) is 5.02 Å². The van der Waals surface area contributed by atoms with Crippen LogP contribution in [0.25, 0.3) is 5.69 Å². The predicted octanol–water partition coefficient (Wildman–Crippen LogP) is 4.48. The summed E-state index contributed by atoms with van der Waals surface area (Å²) in [5.41, 5.74) is 1.06. The Balaban J connectivity index is 1.46. The molecule has 2 heterocycles. The second-order valence-corrected chi connectivity index (χ2v) is 6.40. The van der Waals surface area contributed by atoms with Crippen LogP contribution < -0.4 is 10.1 Å². The number of nitrogens with zero attached hydrogens (tertiary/aromatic N) is 3. The summed E-state index contributed by atoms with van der Waals surface area (Å²) in [5.74, 6) is 0.238. The van der Waals surface area contributed by atoms with Crippen molar-refractivity contribution in [1.29, 1.82) is 0 Å². The van der Waals surface area contributed by atoms with Crippen molar-refractivity contribution < 1.29 is 18.3 Å². The molecule has 0 radical (unpaired) electrons. The molecule has 0 spiro atoms. The summed E-state index contributed by atoms with van der Waals surface area (Å²) in [6.45, 7) is 0.0975. The molecule has 0 atom stereocenters. The normalized spacial score (nSPS) is 10.7. The van der Waals surface area contributed by atoms with Crippen molar-refractivity contribution in [2.75, 3.05) is 5.32 Å². The number of benzene rings is 2. The van der Waals surface area contributed by atoms with Crippen LogP contribution in [-0.4, -0.2) is 20.7 Å². The molecule has 0 aliphatic carbocycles. The van der Waals surface area contributed by atoms with Gasteiger partial charge in [-0.1, -0.05) is 11.6 Å². The Morgan fingerprint density at radius 3 is 2.76 bits per heavy atom. The molecule has 1 N–H and O–H groups in total. The van der Waals surface area contributed by atoms with Crippen molar-refractivity contribution >= 4 is 23.2 Å². The highest BCUT2D eigenvalue weighted by Gasteiger charge is 2.15. The summed E-state index contributed by atoms with van der Waals surface area (Å²) in [5, 5.41) is 7.28. The maximum Gasteiger partial charge on any atom is 0.291 e. The van der Waals surface area contributed by atoms with Gasteiger partial charge in [-0.25, -0.2) is 14.1 Å². The summed E-state index contributed by atoms with van der Waals surface area (Å²) >= 11 is 6.06. The Morgan fingerprint density at radius 2 is 2.00 bits per heavy atom. The lowest BCUT2D eigenvalue weighted by Crippen LogP contribution is -2.13. The van der Waals surface area contributed by atoms with Crippen molar-refractivity contribution in [3.05, 3.63) is 89.6 Å². The number of hydrogen-bond acceptors (Lipinski definition) is 5. The molecule has 146 valence electrons. The predicted molar refractivity (Wildman–Crippen MR) is 104 cm³/mol. The standard InChI is InChI=1S/C20H14ClFN4O3/c21-13-1-7-18(26-12-23-11-24-26)17(9-13)25-20(27)19-8-6-16(29-19)10-28-15-4-2-14(22)3-5-15/h1-9,11-12H,10H2,(H,25,27). The lowest BCUT2D eigenvalue weighted by molar-refractivity contribution is 0.0992. The van der Waals surface area contributed by atoms with Gasteiger partial charge in [0.05, 0.1) is 11.4 Å². The van der Waals surface area contributed by atoms with Crippen molar-refractivity contribution in [3.8, 4) is 11.4 Å². The van der Waals surface area contributed by atoms with Gasteiger partial charge in [-0.2, -0.15) is 5.10 Å². The van der Waals surface area contributed by atoms with Gasteiger partial charge in [0.15, 0.2) is 5.76 Å². The van der Waals surface area contributed by atoms with E-state index in [4.69, 9.17) is 20.8 Å². The highest BCUT2D eigenvalue weighted by Crippen LogP contribution is 2.25. The summed E-state index contributed by atoms with van der Waals surface area (Å²) in [7, 11) is 0. The van der Waals surface area contributed by atoms with E-state index >= 15 is 0 Å². The van der Waals surface area contributed by atoms with E-state index in [1.54, 1.807) is 30.3 Å². The van der Waals surface area contributed by atoms with Crippen molar-refractivity contribution in [2.45, 2.75) is 6.61 Å². The molecule has 29 heavy (non-hydrogen) atoms. The molecule has 4 rings (SSSR count). The Labute approximate surface area is 169 Å². The molecular formula is C20H14ClFN4O3. The SMILES string of the molecule is O=C(Nc1cc(Cl)ccc1-n1cncn1)c1ccc(COc2ccc(F)cc2)o1. The topological polar surface area (TPSA) is 82.2 Å². The maximum absolute atomic E-state index is 12.9. The number of rotatable bonds is 6. The smallest absolute Gasteiger partial charge is 0.291 e. The molecule has 4 aromatic rings. The Hall–Kier alpha value is -3.65. The zero-order chi connectivity index (χ0) is 20.2. The van der Waals surface area contributed by atoms with Gasteiger partial charge in [0, 0.05) is 5.02 Å². The zero-order valence-corrected chi connectivity index (χ0v) is 15.6. The molecule has 1 amide bonds. The van der Waals surface area contributed by atoms with Gasteiger partial charge in [-0.15, -0.1) is 0 Å². The Bertz CT molecular complexity index is 1130. The molecule has 0 saturated carbocycles. The van der Waals surface area contributed by atoms with Gasteiger partial charge < -0.3 is 14.5 Å². The number of ether oxygens (including phenoxy) is 1. The number of nitrogens with one attached hydrogen (secondary N) is 1. The fourth-order valence-electron chi connectivity index (χ4n) is 2.59. The lowest BCUT2D eigenvalue weighted by Gasteiger charge is -2.10. The van der Waals surface area contributed by atoms with E-state index in [0.29, 0.717) is 27.9 Å². The van der Waals surface area contributed by atoms with Crippen LogP contribution in [0.3, 0.4) is 0 Å².